The highest BCUT2D eigenvalue weighted by atomic mass is 35.5. The molecule has 0 fully saturated rings. The van der Waals surface area contributed by atoms with E-state index in [-0.39, 0.29) is 16.5 Å². The molecule has 0 radical (unpaired) electrons. The van der Waals surface area contributed by atoms with Crippen molar-refractivity contribution in [3.8, 4) is 5.75 Å². The molecule has 2 N–H and O–H groups in total. The average molecular weight is 415 g/mol. The van der Waals surface area contributed by atoms with E-state index in [1.54, 1.807) is 50.2 Å². The number of amides is 2. The fourth-order valence-electron chi connectivity index (χ4n) is 2.65. The van der Waals surface area contributed by atoms with Crippen LogP contribution < -0.4 is 21.0 Å². The Kier molecular flexibility index (Phi) is 6.19. The molecule has 0 aliphatic rings. The number of hydrogen-bond acceptors (Lipinski definition) is 5. The van der Waals surface area contributed by atoms with Gasteiger partial charge in [0, 0.05) is 29.8 Å². The molecule has 0 saturated heterocycles. The van der Waals surface area contributed by atoms with E-state index in [4.69, 9.17) is 20.8 Å². The second kappa shape index (κ2) is 8.79. The first-order valence-corrected chi connectivity index (χ1v) is 9.34. The third-order valence-corrected chi connectivity index (χ3v) is 4.42. The first-order valence-electron chi connectivity index (χ1n) is 8.96. The Balaban J connectivity index is 1.71. The van der Waals surface area contributed by atoms with E-state index in [2.05, 4.69) is 10.6 Å². The number of carbonyl (C=O) groups is 2. The number of benzene rings is 2. The van der Waals surface area contributed by atoms with Crippen LogP contribution in [0.25, 0.3) is 11.0 Å². The number of anilines is 1. The van der Waals surface area contributed by atoms with Crippen LogP contribution in [0, 0.1) is 0 Å². The second-order valence-electron chi connectivity index (χ2n) is 6.26. The van der Waals surface area contributed by atoms with Crippen LogP contribution in [0.5, 0.6) is 5.75 Å². The van der Waals surface area contributed by atoms with Crippen molar-refractivity contribution in [2.24, 2.45) is 0 Å². The van der Waals surface area contributed by atoms with Gasteiger partial charge < -0.3 is 19.8 Å². The summed E-state index contributed by atoms with van der Waals surface area (Å²) in [5, 5.41) is 6.39. The summed E-state index contributed by atoms with van der Waals surface area (Å²) < 4.78 is 10.8. The summed E-state index contributed by atoms with van der Waals surface area (Å²) in [6.07, 6.45) is -0.841. The molecule has 0 spiro atoms. The van der Waals surface area contributed by atoms with Crippen LogP contribution in [-0.2, 0) is 4.79 Å². The molecule has 0 bridgehead atoms. The van der Waals surface area contributed by atoms with Crippen LogP contribution in [-0.4, -0.2) is 24.5 Å². The van der Waals surface area contributed by atoms with Gasteiger partial charge in [-0.05, 0) is 50.2 Å². The molecule has 1 aromatic heterocycles. The number of halogens is 1. The maximum absolute atomic E-state index is 12.5. The van der Waals surface area contributed by atoms with Crippen LogP contribution in [0.15, 0.2) is 57.7 Å². The van der Waals surface area contributed by atoms with E-state index in [1.165, 1.54) is 12.1 Å². The number of carbonyl (C=O) groups excluding carboxylic acids is 2. The Labute approximate surface area is 171 Å². The monoisotopic (exact) mass is 414 g/mol. The SMILES string of the molecule is CCNC(=O)c1cc(NC(=O)C(C)Oc2ccc3ccc(=O)oc3c2)ccc1Cl. The minimum atomic E-state index is -0.841. The van der Waals surface area contributed by atoms with Gasteiger partial charge in [-0.2, -0.15) is 0 Å². The lowest BCUT2D eigenvalue weighted by Gasteiger charge is -2.15. The zero-order chi connectivity index (χ0) is 21.0. The standard InChI is InChI=1S/C21H19ClN2O5/c1-3-23-21(27)16-10-14(6-8-17(16)22)24-20(26)12(2)28-15-7-4-13-5-9-19(25)29-18(13)11-15/h4-12H,3H2,1-2H3,(H,23,27)(H,24,26). The Hall–Kier alpha value is -3.32. The Morgan fingerprint density at radius 1 is 1.14 bits per heavy atom. The summed E-state index contributed by atoms with van der Waals surface area (Å²) in [6.45, 7) is 3.85. The molecule has 3 aromatic rings. The lowest BCUT2D eigenvalue weighted by atomic mass is 10.1. The van der Waals surface area contributed by atoms with E-state index in [1.807, 2.05) is 0 Å². The summed E-state index contributed by atoms with van der Waals surface area (Å²) in [5.41, 5.74) is 0.586. The van der Waals surface area contributed by atoms with Gasteiger partial charge >= 0.3 is 5.63 Å². The number of ether oxygens (including phenoxy) is 1. The van der Waals surface area contributed by atoms with E-state index < -0.39 is 17.6 Å². The van der Waals surface area contributed by atoms with Gasteiger partial charge in [0.05, 0.1) is 10.6 Å². The number of hydrogen-bond donors (Lipinski definition) is 2. The topological polar surface area (TPSA) is 97.6 Å². The summed E-state index contributed by atoms with van der Waals surface area (Å²) in [7, 11) is 0. The van der Waals surface area contributed by atoms with Crippen molar-refractivity contribution in [2.75, 3.05) is 11.9 Å². The lowest BCUT2D eigenvalue weighted by molar-refractivity contribution is -0.122. The van der Waals surface area contributed by atoms with Gasteiger partial charge in [-0.1, -0.05) is 11.6 Å². The molecule has 29 heavy (non-hydrogen) atoms. The van der Waals surface area contributed by atoms with Gasteiger partial charge in [-0.25, -0.2) is 4.79 Å². The zero-order valence-electron chi connectivity index (χ0n) is 15.8. The van der Waals surface area contributed by atoms with Crippen molar-refractivity contribution in [1.82, 2.24) is 5.32 Å². The first kappa shape index (κ1) is 20.4. The average Bonchev–Trinajstić information content (AvgIpc) is 2.69. The maximum atomic E-state index is 12.5. The number of fused-ring (bicyclic) bond motifs is 1. The van der Waals surface area contributed by atoms with Crippen molar-refractivity contribution in [3.05, 3.63) is 69.5 Å². The summed E-state index contributed by atoms with van der Waals surface area (Å²) >= 11 is 6.06. The molecule has 2 amide bonds. The van der Waals surface area contributed by atoms with Crippen molar-refractivity contribution in [1.29, 1.82) is 0 Å². The van der Waals surface area contributed by atoms with Crippen molar-refractivity contribution in [2.45, 2.75) is 20.0 Å². The second-order valence-corrected chi connectivity index (χ2v) is 6.66. The summed E-state index contributed by atoms with van der Waals surface area (Å²) in [6, 6.07) is 12.6. The van der Waals surface area contributed by atoms with Crippen molar-refractivity contribution >= 4 is 40.1 Å². The van der Waals surface area contributed by atoms with Crippen LogP contribution in [0.1, 0.15) is 24.2 Å². The minimum Gasteiger partial charge on any atom is -0.481 e. The van der Waals surface area contributed by atoms with Crippen LogP contribution >= 0.6 is 11.6 Å². The highest BCUT2D eigenvalue weighted by molar-refractivity contribution is 6.34. The van der Waals surface area contributed by atoms with Crippen molar-refractivity contribution in [3.63, 3.8) is 0 Å². The van der Waals surface area contributed by atoms with Gasteiger partial charge in [-0.3, -0.25) is 9.59 Å². The molecule has 3 rings (SSSR count). The lowest BCUT2D eigenvalue weighted by Crippen LogP contribution is -2.30. The first-order chi connectivity index (χ1) is 13.9. The quantitative estimate of drug-likeness (QED) is 0.600. The molecule has 0 saturated carbocycles. The molecule has 1 heterocycles. The zero-order valence-corrected chi connectivity index (χ0v) is 16.6. The highest BCUT2D eigenvalue weighted by Gasteiger charge is 2.17. The van der Waals surface area contributed by atoms with E-state index in [9.17, 15) is 14.4 Å². The number of rotatable bonds is 6. The van der Waals surface area contributed by atoms with E-state index >= 15 is 0 Å². The number of nitrogens with one attached hydrogen (secondary N) is 2. The van der Waals surface area contributed by atoms with Gasteiger partial charge in [0.25, 0.3) is 11.8 Å². The molecule has 2 aromatic carbocycles. The fraction of sp³-hybridized carbons (Fsp3) is 0.190. The van der Waals surface area contributed by atoms with Gasteiger partial charge in [-0.15, -0.1) is 0 Å². The molecule has 7 nitrogen and oxygen atoms in total. The molecule has 150 valence electrons. The molecular weight excluding hydrogens is 396 g/mol. The van der Waals surface area contributed by atoms with Gasteiger partial charge in [0.1, 0.15) is 11.3 Å². The highest BCUT2D eigenvalue weighted by Crippen LogP contribution is 2.22. The third-order valence-electron chi connectivity index (χ3n) is 4.09. The maximum Gasteiger partial charge on any atom is 0.336 e. The third kappa shape index (κ3) is 4.94. The molecule has 0 aliphatic carbocycles. The van der Waals surface area contributed by atoms with Crippen LogP contribution in [0.4, 0.5) is 5.69 Å². The van der Waals surface area contributed by atoms with E-state index in [0.717, 1.165) is 5.39 Å². The van der Waals surface area contributed by atoms with Crippen LogP contribution in [0.2, 0.25) is 5.02 Å². The predicted octanol–water partition coefficient (Wildman–Crippen LogP) is 3.60. The van der Waals surface area contributed by atoms with Gasteiger partial charge in [0.15, 0.2) is 6.10 Å². The smallest absolute Gasteiger partial charge is 0.336 e. The molecule has 8 heteroatoms. The Bertz CT molecular complexity index is 1130. The Morgan fingerprint density at radius 2 is 1.90 bits per heavy atom. The summed E-state index contributed by atoms with van der Waals surface area (Å²) in [5.74, 6) is -0.354. The molecule has 0 aliphatic heterocycles. The van der Waals surface area contributed by atoms with E-state index in [0.29, 0.717) is 23.6 Å². The normalized spacial score (nSPS) is 11.7. The Morgan fingerprint density at radius 3 is 2.66 bits per heavy atom. The van der Waals surface area contributed by atoms with Crippen molar-refractivity contribution < 1.29 is 18.7 Å². The molecule has 1 unspecified atom stereocenters. The molecule has 1 atom stereocenters. The van der Waals surface area contributed by atoms with Crippen LogP contribution in [0.3, 0.4) is 0 Å². The fourth-order valence-corrected chi connectivity index (χ4v) is 2.85. The summed E-state index contributed by atoms with van der Waals surface area (Å²) in [4.78, 5) is 35.9. The largest absolute Gasteiger partial charge is 0.481 e. The molecular formula is C21H19ClN2O5. The predicted molar refractivity (Wildman–Crippen MR) is 111 cm³/mol. The van der Waals surface area contributed by atoms with Gasteiger partial charge in [0.2, 0.25) is 0 Å². The minimum absolute atomic E-state index is 0.268.